The fourth-order valence-corrected chi connectivity index (χ4v) is 15.6. The smallest absolute Gasteiger partial charge is 0.390 e. The van der Waals surface area contributed by atoms with Gasteiger partial charge in [-0.25, -0.2) is 0 Å². The Morgan fingerprint density at radius 1 is 0.265 bits per heavy atom. The van der Waals surface area contributed by atoms with E-state index < -0.39 is 16.5 Å². The first kappa shape index (κ1) is 41.7. The number of rotatable bonds is 5. The van der Waals surface area contributed by atoms with Crippen LogP contribution in [-0.4, -0.2) is 0 Å². The minimum Gasteiger partial charge on any atom is -0.390 e. The second-order valence-corrected chi connectivity index (χ2v) is 22.7. The van der Waals surface area contributed by atoms with E-state index in [9.17, 15) is 0 Å². The molecule has 0 N–H and O–H groups in total. The van der Waals surface area contributed by atoms with Crippen LogP contribution < -0.4 is 9.05 Å². The monoisotopic (exact) mass is 938 g/mol. The highest BCUT2D eigenvalue weighted by atomic mass is 31.1. The maximum Gasteiger partial charge on any atom is 0.453 e. The molecule has 0 fully saturated rings. The molecule has 8 heteroatoms. The van der Waals surface area contributed by atoms with Gasteiger partial charge < -0.3 is 25.8 Å². The highest BCUT2D eigenvalue weighted by Crippen LogP contribution is 2.53. The maximum absolute atomic E-state index is 7.35. The van der Waals surface area contributed by atoms with E-state index in [0.29, 0.717) is 0 Å². The van der Waals surface area contributed by atoms with Crippen molar-refractivity contribution >= 4 is 60.4 Å². The average Bonchev–Trinajstić information content (AvgIpc) is 3.66. The second-order valence-electron chi connectivity index (χ2n) is 20.7. The van der Waals surface area contributed by atoms with Crippen molar-refractivity contribution in [1.29, 1.82) is 0 Å². The molecule has 6 nitrogen and oxygen atoms in total. The van der Waals surface area contributed by atoms with Crippen LogP contribution in [-0.2, 0) is 77.0 Å². The van der Waals surface area contributed by atoms with Crippen LogP contribution in [0.25, 0.3) is 55.0 Å². The Morgan fingerprint density at radius 3 is 0.794 bits per heavy atom. The van der Waals surface area contributed by atoms with Gasteiger partial charge in [-0.2, -0.15) is 0 Å². The third-order valence-electron chi connectivity index (χ3n) is 16.8. The molecule has 0 unspecified atom stereocenters. The fraction of sp³-hybridized carbons (Fsp3) is 0.400. The lowest BCUT2D eigenvalue weighted by Gasteiger charge is -2.27. The maximum atomic E-state index is 7.35. The van der Waals surface area contributed by atoms with Crippen LogP contribution in [0.3, 0.4) is 0 Å². The number of hydrogen-bond donors (Lipinski definition) is 0. The molecule has 6 aliphatic carbocycles. The van der Waals surface area contributed by atoms with Crippen molar-refractivity contribution in [3.63, 3.8) is 0 Å². The van der Waals surface area contributed by atoms with Crippen LogP contribution in [0, 0.1) is 0 Å². The lowest BCUT2D eigenvalue weighted by atomic mass is 9.80. The SMILES string of the molecule is c1cc(Op2oc3ccc4c(c3c3c5c(ccc3o2)CCCC5)CCCC4)c(-c2c(Op3oc4ccc5c(c4c4c6c(ccc4o3)CCCC6)CCCC5)ccc3c2CCCC3)c2c1CCCC2. The third-order valence-corrected chi connectivity index (χ3v) is 18.8. The average molecular weight is 939 g/mol. The van der Waals surface area contributed by atoms with Crippen molar-refractivity contribution in [3.8, 4) is 22.6 Å². The summed E-state index contributed by atoms with van der Waals surface area (Å²) in [4.78, 5) is 0. The van der Waals surface area contributed by atoms with Crippen molar-refractivity contribution in [1.82, 2.24) is 0 Å². The summed E-state index contributed by atoms with van der Waals surface area (Å²) < 4.78 is 43.1. The van der Waals surface area contributed by atoms with Gasteiger partial charge in [-0.15, -0.1) is 0 Å². The van der Waals surface area contributed by atoms with Crippen LogP contribution in [0.4, 0.5) is 0 Å². The van der Waals surface area contributed by atoms with Crippen LogP contribution in [0.1, 0.15) is 144 Å². The summed E-state index contributed by atoms with van der Waals surface area (Å²) in [6, 6.07) is 27.1. The molecule has 6 aliphatic rings. The molecular weight excluding hydrogens is 879 g/mol. The predicted molar refractivity (Wildman–Crippen MR) is 276 cm³/mol. The normalized spacial score (nSPS) is 17.5. The summed E-state index contributed by atoms with van der Waals surface area (Å²) >= 11 is 0. The van der Waals surface area contributed by atoms with Gasteiger partial charge >= 0.3 is 16.5 Å². The Balaban J connectivity index is 0.978. The van der Waals surface area contributed by atoms with Crippen LogP contribution >= 0.6 is 16.5 Å². The van der Waals surface area contributed by atoms with E-state index in [4.69, 9.17) is 25.8 Å². The molecule has 6 aromatic carbocycles. The van der Waals surface area contributed by atoms with Crippen molar-refractivity contribution in [2.45, 2.75) is 154 Å². The molecule has 8 aromatic rings. The van der Waals surface area contributed by atoms with Gasteiger partial charge in [0.15, 0.2) is 0 Å². The summed E-state index contributed by atoms with van der Waals surface area (Å²) in [5, 5.41) is 4.99. The minimum atomic E-state index is -1.89. The third kappa shape index (κ3) is 7.09. The fourth-order valence-electron chi connectivity index (χ4n) is 13.5. The van der Waals surface area contributed by atoms with Gasteiger partial charge in [0, 0.05) is 32.7 Å². The molecule has 2 heterocycles. The van der Waals surface area contributed by atoms with Gasteiger partial charge in [0.2, 0.25) is 0 Å². The van der Waals surface area contributed by atoms with E-state index in [1.54, 1.807) is 0 Å². The molecule has 0 aliphatic heterocycles. The topological polar surface area (TPSA) is 71.0 Å². The lowest BCUT2D eigenvalue weighted by molar-refractivity contribution is 0.492. The van der Waals surface area contributed by atoms with E-state index >= 15 is 0 Å². The first-order valence-electron chi connectivity index (χ1n) is 26.3. The van der Waals surface area contributed by atoms with Gasteiger partial charge in [-0.1, -0.05) is 36.4 Å². The van der Waals surface area contributed by atoms with Gasteiger partial charge in [-0.05, 0) is 257 Å². The molecule has 0 amide bonds. The lowest BCUT2D eigenvalue weighted by Crippen LogP contribution is -2.10. The minimum absolute atomic E-state index is 0.797. The molecule has 0 radical (unpaired) electrons. The van der Waals surface area contributed by atoms with Gasteiger partial charge in [-0.3, -0.25) is 0 Å². The van der Waals surface area contributed by atoms with Crippen LogP contribution in [0.2, 0.25) is 0 Å². The summed E-state index contributed by atoms with van der Waals surface area (Å²) in [6.45, 7) is 0. The molecule has 0 spiro atoms. The Bertz CT molecular complexity index is 3060. The highest BCUT2D eigenvalue weighted by Gasteiger charge is 2.30. The number of fused-ring (bicyclic) bond motifs is 16. The molecular formula is C60H60O6P2. The Kier molecular flexibility index (Phi) is 10.6. The molecule has 0 saturated carbocycles. The quantitative estimate of drug-likeness (QED) is 0.171. The summed E-state index contributed by atoms with van der Waals surface area (Å²) in [5.74, 6) is 1.59. The standard InChI is InChI=1S/C60H60O6P2/c1-7-19-43-37(13-1)25-31-49-55(43)56-44-20-8-2-14-38(44)26-32-50(56)62-67(61-49)65-53-35-29-41-17-5-11-23-47(41)59(53)60-48-24-12-6-18-42(48)30-36-54(60)66-68-63-51-33-27-39-15-3-9-21-45(39)57(51)58-46-22-10-4-16-40(46)28-34-52(58)64-68/h25-36H,1-24H2. The van der Waals surface area contributed by atoms with E-state index in [1.165, 1.54) is 153 Å². The first-order valence-corrected chi connectivity index (χ1v) is 28.5. The first-order chi connectivity index (χ1) is 33.7. The zero-order valence-electron chi connectivity index (χ0n) is 39.2. The van der Waals surface area contributed by atoms with Gasteiger partial charge in [0.05, 0.1) is 0 Å². The van der Waals surface area contributed by atoms with E-state index in [1.807, 2.05) is 0 Å². The predicted octanol–water partition coefficient (Wildman–Crippen LogP) is 17.5. The second kappa shape index (κ2) is 17.3. The van der Waals surface area contributed by atoms with Crippen LogP contribution in [0.15, 0.2) is 89.6 Å². The number of hydrogen-bond acceptors (Lipinski definition) is 6. The molecule has 0 atom stereocenters. The van der Waals surface area contributed by atoms with Gasteiger partial charge in [0.1, 0.15) is 33.8 Å². The molecule has 346 valence electrons. The van der Waals surface area contributed by atoms with E-state index in [0.717, 1.165) is 135 Å². The van der Waals surface area contributed by atoms with Crippen molar-refractivity contribution in [3.05, 3.63) is 140 Å². The summed E-state index contributed by atoms with van der Waals surface area (Å²) in [7, 11) is -3.78. The molecule has 68 heavy (non-hydrogen) atoms. The highest BCUT2D eigenvalue weighted by molar-refractivity contribution is 7.32. The number of benzene rings is 6. The van der Waals surface area contributed by atoms with Crippen molar-refractivity contribution < 1.29 is 25.8 Å². The summed E-state index contributed by atoms with van der Waals surface area (Å²) in [5.41, 5.74) is 22.9. The van der Waals surface area contributed by atoms with Crippen LogP contribution in [0.5, 0.6) is 11.5 Å². The Hall–Kier alpha value is -5.28. The molecule has 2 aromatic heterocycles. The van der Waals surface area contributed by atoms with E-state index in [2.05, 4.69) is 72.8 Å². The zero-order valence-corrected chi connectivity index (χ0v) is 41.0. The Labute approximate surface area is 400 Å². The molecule has 0 saturated heterocycles. The number of aryl methyl sites for hydroxylation is 10. The van der Waals surface area contributed by atoms with E-state index in [-0.39, 0.29) is 0 Å². The van der Waals surface area contributed by atoms with Crippen molar-refractivity contribution in [2.75, 3.05) is 0 Å². The largest absolute Gasteiger partial charge is 0.453 e. The molecule has 0 bridgehead atoms. The van der Waals surface area contributed by atoms with Gasteiger partial charge in [0.25, 0.3) is 0 Å². The summed E-state index contributed by atoms with van der Waals surface area (Å²) in [6.07, 6.45) is 27.2. The van der Waals surface area contributed by atoms with Crippen molar-refractivity contribution in [2.24, 2.45) is 0 Å². The zero-order chi connectivity index (χ0) is 44.7. The molecule has 14 rings (SSSR count). The Morgan fingerprint density at radius 2 is 0.500 bits per heavy atom.